The van der Waals surface area contributed by atoms with Gasteiger partial charge in [0.15, 0.2) is 11.6 Å². The smallest absolute Gasteiger partial charge is 0.181 e. The lowest BCUT2D eigenvalue weighted by Gasteiger charge is -2.26. The second-order valence-corrected chi connectivity index (χ2v) is 5.89. The number of carbonyl (C=O) groups is 2. The zero-order valence-electron chi connectivity index (χ0n) is 12.4. The minimum Gasteiger partial charge on any atom is -0.369 e. The first-order valence-corrected chi connectivity index (χ1v) is 7.87. The number of carbonyl (C=O) groups excluding carboxylic acids is 2. The molecule has 0 spiro atoms. The number of nitrogens with zero attached hydrogens (tertiary/aromatic N) is 1. The average Bonchev–Trinajstić information content (AvgIpc) is 2.97. The largest absolute Gasteiger partial charge is 0.369 e. The molecule has 2 aliphatic carbocycles. The van der Waals surface area contributed by atoms with Gasteiger partial charge in [0.1, 0.15) is 0 Å². The van der Waals surface area contributed by atoms with Crippen molar-refractivity contribution in [3.05, 3.63) is 23.9 Å². The molecule has 1 aliphatic heterocycles. The lowest BCUT2D eigenvalue weighted by atomic mass is 9.92. The predicted molar refractivity (Wildman–Crippen MR) is 80.3 cm³/mol. The Morgan fingerprint density at radius 3 is 2.40 bits per heavy atom. The zero-order valence-corrected chi connectivity index (χ0v) is 12.4. The minimum absolute atomic E-state index is 0.251. The summed E-state index contributed by atoms with van der Waals surface area (Å²) >= 11 is 0. The van der Waals surface area contributed by atoms with Crippen LogP contribution in [0.2, 0.25) is 0 Å². The van der Waals surface area contributed by atoms with Crippen LogP contribution in [-0.4, -0.2) is 29.6 Å². The van der Waals surface area contributed by atoms with Crippen molar-refractivity contribution in [3.63, 3.8) is 0 Å². The third-order valence-electron chi connectivity index (χ3n) is 4.18. The van der Waals surface area contributed by atoms with Gasteiger partial charge in [-0.3, -0.25) is 9.59 Å². The van der Waals surface area contributed by atoms with Gasteiger partial charge in [0.2, 0.25) is 0 Å². The molecule has 0 radical (unpaired) electrons. The van der Waals surface area contributed by atoms with Gasteiger partial charge >= 0.3 is 0 Å². The standard InChI is InChI=1S/C11H17NO.C6H8O/c1-9-5-4-6-10(11(9)13)12-7-2-3-8-12;7-6-4-2-1-3-5-6/h6,9H,2-5,7-8H2,1H3;2,4H,1,3,5H2. The Labute approximate surface area is 121 Å². The fraction of sp³-hybridized carbons (Fsp3) is 0.647. The van der Waals surface area contributed by atoms with Crippen molar-refractivity contribution in [2.24, 2.45) is 5.92 Å². The van der Waals surface area contributed by atoms with E-state index >= 15 is 0 Å². The molecule has 1 fully saturated rings. The summed E-state index contributed by atoms with van der Waals surface area (Å²) < 4.78 is 0. The fourth-order valence-corrected chi connectivity index (χ4v) is 2.89. The van der Waals surface area contributed by atoms with Crippen molar-refractivity contribution in [2.75, 3.05) is 13.1 Å². The molecule has 3 nitrogen and oxygen atoms in total. The van der Waals surface area contributed by atoms with Crippen molar-refractivity contribution in [2.45, 2.75) is 51.9 Å². The molecule has 0 bridgehead atoms. The highest BCUT2D eigenvalue weighted by molar-refractivity contribution is 5.97. The molecule has 20 heavy (non-hydrogen) atoms. The Bertz CT molecular complexity index is 417. The van der Waals surface area contributed by atoms with E-state index in [2.05, 4.69) is 11.0 Å². The van der Waals surface area contributed by atoms with Crippen molar-refractivity contribution in [1.29, 1.82) is 0 Å². The van der Waals surface area contributed by atoms with E-state index in [1.165, 1.54) is 12.8 Å². The van der Waals surface area contributed by atoms with Gasteiger partial charge in [-0.05, 0) is 44.6 Å². The maximum atomic E-state index is 11.8. The Balaban J connectivity index is 0.000000178. The van der Waals surface area contributed by atoms with E-state index in [1.54, 1.807) is 6.08 Å². The van der Waals surface area contributed by atoms with E-state index in [-0.39, 0.29) is 11.7 Å². The van der Waals surface area contributed by atoms with E-state index in [1.807, 2.05) is 13.0 Å². The van der Waals surface area contributed by atoms with Crippen LogP contribution in [-0.2, 0) is 9.59 Å². The minimum atomic E-state index is 0.251. The van der Waals surface area contributed by atoms with Gasteiger partial charge in [0, 0.05) is 25.4 Å². The topological polar surface area (TPSA) is 37.4 Å². The van der Waals surface area contributed by atoms with E-state index in [9.17, 15) is 9.59 Å². The van der Waals surface area contributed by atoms with Crippen molar-refractivity contribution in [3.8, 4) is 0 Å². The molecule has 0 amide bonds. The molecule has 110 valence electrons. The highest BCUT2D eigenvalue weighted by atomic mass is 16.1. The van der Waals surface area contributed by atoms with Crippen LogP contribution in [0, 0.1) is 5.92 Å². The van der Waals surface area contributed by atoms with Crippen LogP contribution in [0.5, 0.6) is 0 Å². The summed E-state index contributed by atoms with van der Waals surface area (Å²) in [5.41, 5.74) is 1.01. The van der Waals surface area contributed by atoms with Gasteiger partial charge in [-0.2, -0.15) is 0 Å². The molecule has 0 saturated carbocycles. The van der Waals surface area contributed by atoms with Crippen LogP contribution in [0.15, 0.2) is 23.9 Å². The van der Waals surface area contributed by atoms with E-state index < -0.39 is 0 Å². The predicted octanol–water partition coefficient (Wildman–Crippen LogP) is 3.26. The number of allylic oxidation sites excluding steroid dienone is 4. The average molecular weight is 275 g/mol. The van der Waals surface area contributed by atoms with Crippen LogP contribution in [0.1, 0.15) is 51.9 Å². The molecular weight excluding hydrogens is 250 g/mol. The first kappa shape index (κ1) is 15.0. The van der Waals surface area contributed by atoms with Gasteiger partial charge in [-0.1, -0.05) is 19.1 Å². The summed E-state index contributed by atoms with van der Waals surface area (Å²) in [5, 5.41) is 0. The van der Waals surface area contributed by atoms with Gasteiger partial charge in [0.05, 0.1) is 5.70 Å². The number of hydrogen-bond acceptors (Lipinski definition) is 3. The van der Waals surface area contributed by atoms with Gasteiger partial charge in [-0.25, -0.2) is 0 Å². The Kier molecular flexibility index (Phi) is 5.57. The van der Waals surface area contributed by atoms with Crippen molar-refractivity contribution in [1.82, 2.24) is 4.90 Å². The number of rotatable bonds is 1. The molecule has 0 aromatic rings. The SMILES string of the molecule is CC1CCC=C(N2CCCC2)C1=O.O=C1C=CCCC1. The van der Waals surface area contributed by atoms with Gasteiger partial charge in [-0.15, -0.1) is 0 Å². The molecular formula is C17H25NO2. The second kappa shape index (κ2) is 7.41. The summed E-state index contributed by atoms with van der Waals surface area (Å²) in [6.45, 7) is 4.22. The molecule has 1 unspecified atom stereocenters. The quantitative estimate of drug-likeness (QED) is 0.737. The zero-order chi connectivity index (χ0) is 14.4. The van der Waals surface area contributed by atoms with E-state index in [4.69, 9.17) is 0 Å². The van der Waals surface area contributed by atoms with Gasteiger partial charge in [0.25, 0.3) is 0 Å². The van der Waals surface area contributed by atoms with Gasteiger partial charge < -0.3 is 4.90 Å². The molecule has 3 rings (SSSR count). The monoisotopic (exact) mass is 275 g/mol. The molecule has 1 saturated heterocycles. The lowest BCUT2D eigenvalue weighted by molar-refractivity contribution is -0.120. The van der Waals surface area contributed by atoms with Crippen LogP contribution >= 0.6 is 0 Å². The highest BCUT2D eigenvalue weighted by Gasteiger charge is 2.26. The van der Waals surface area contributed by atoms with Crippen molar-refractivity contribution >= 4 is 11.6 Å². The third-order valence-corrected chi connectivity index (χ3v) is 4.18. The molecule has 0 aromatic heterocycles. The first-order chi connectivity index (χ1) is 9.68. The summed E-state index contributed by atoms with van der Waals surface area (Å²) in [6, 6.07) is 0. The number of likely N-dealkylation sites (tertiary alicyclic amines) is 1. The normalized spacial score (nSPS) is 26.1. The molecule has 3 heteroatoms. The third kappa shape index (κ3) is 4.06. The highest BCUT2D eigenvalue weighted by Crippen LogP contribution is 2.25. The van der Waals surface area contributed by atoms with Crippen LogP contribution in [0.25, 0.3) is 0 Å². The van der Waals surface area contributed by atoms with Crippen molar-refractivity contribution < 1.29 is 9.59 Å². The Morgan fingerprint density at radius 2 is 1.85 bits per heavy atom. The Hall–Kier alpha value is -1.38. The molecule has 1 heterocycles. The maximum absolute atomic E-state index is 11.8. The van der Waals surface area contributed by atoms with E-state index in [0.717, 1.165) is 50.9 Å². The maximum Gasteiger partial charge on any atom is 0.181 e. The molecule has 1 atom stereocenters. The van der Waals surface area contributed by atoms with Crippen LogP contribution < -0.4 is 0 Å². The lowest BCUT2D eigenvalue weighted by Crippen LogP contribution is -2.30. The molecule has 0 N–H and O–H groups in total. The number of ketones is 2. The van der Waals surface area contributed by atoms with Crippen LogP contribution in [0.3, 0.4) is 0 Å². The summed E-state index contributed by atoms with van der Waals surface area (Å²) in [7, 11) is 0. The van der Waals surface area contributed by atoms with E-state index in [0.29, 0.717) is 5.78 Å². The summed E-state index contributed by atoms with van der Waals surface area (Å²) in [6.07, 6.45) is 13.3. The number of Topliss-reactive ketones (excluding diaryl/α,β-unsaturated/α-hetero) is 1. The summed E-state index contributed by atoms with van der Waals surface area (Å²) in [4.78, 5) is 24.4. The Morgan fingerprint density at radius 1 is 1.10 bits per heavy atom. The van der Waals surface area contributed by atoms with Crippen LogP contribution in [0.4, 0.5) is 0 Å². The second-order valence-electron chi connectivity index (χ2n) is 5.89. The fourth-order valence-electron chi connectivity index (χ4n) is 2.89. The first-order valence-electron chi connectivity index (χ1n) is 7.87. The molecule has 0 aromatic carbocycles. The summed E-state index contributed by atoms with van der Waals surface area (Å²) in [5.74, 6) is 0.903. The number of hydrogen-bond donors (Lipinski definition) is 0. The molecule has 3 aliphatic rings.